The first-order valence-corrected chi connectivity index (χ1v) is 8.24. The van der Waals surface area contributed by atoms with E-state index in [0.717, 1.165) is 36.4 Å². The van der Waals surface area contributed by atoms with E-state index < -0.39 is 0 Å². The quantitative estimate of drug-likeness (QED) is 0.832. The van der Waals surface area contributed by atoms with Gasteiger partial charge in [-0.25, -0.2) is 4.68 Å². The molecule has 3 rings (SSSR count). The molecule has 0 saturated heterocycles. The highest BCUT2D eigenvalue weighted by Gasteiger charge is 2.31. The standard InChI is InChI=1S/C17H23N5O2/c1-24-15-7-5-14(6-8-15)22-11-13(20-21-22)10-19-17(23)16-4-2-3-12(16)9-18/h5-8,11-12,16H,2-4,9-10,18H2,1H3,(H,19,23)/t12-,16-/m1/s1. The van der Waals surface area contributed by atoms with Crippen LogP contribution in [0.1, 0.15) is 25.0 Å². The molecule has 1 heterocycles. The van der Waals surface area contributed by atoms with Crippen molar-refractivity contribution in [3.05, 3.63) is 36.2 Å². The van der Waals surface area contributed by atoms with E-state index in [1.165, 1.54) is 0 Å². The van der Waals surface area contributed by atoms with Crippen LogP contribution in [0.3, 0.4) is 0 Å². The van der Waals surface area contributed by atoms with Crippen LogP contribution in [0.5, 0.6) is 5.75 Å². The number of methoxy groups -OCH3 is 1. The molecule has 1 aromatic carbocycles. The number of nitrogens with zero attached hydrogens (tertiary/aromatic N) is 3. The Hall–Kier alpha value is -2.41. The van der Waals surface area contributed by atoms with Gasteiger partial charge in [-0.3, -0.25) is 4.79 Å². The van der Waals surface area contributed by atoms with E-state index in [4.69, 9.17) is 10.5 Å². The topological polar surface area (TPSA) is 95.1 Å². The molecule has 1 amide bonds. The summed E-state index contributed by atoms with van der Waals surface area (Å²) in [5.41, 5.74) is 7.36. The summed E-state index contributed by atoms with van der Waals surface area (Å²) in [6, 6.07) is 7.54. The van der Waals surface area contributed by atoms with Crippen LogP contribution in [0.25, 0.3) is 5.69 Å². The maximum Gasteiger partial charge on any atom is 0.223 e. The van der Waals surface area contributed by atoms with Gasteiger partial charge in [0.2, 0.25) is 5.91 Å². The lowest BCUT2D eigenvalue weighted by molar-refractivity contribution is -0.126. The van der Waals surface area contributed by atoms with E-state index in [1.807, 2.05) is 30.5 Å². The van der Waals surface area contributed by atoms with Crippen molar-refractivity contribution in [2.45, 2.75) is 25.8 Å². The summed E-state index contributed by atoms with van der Waals surface area (Å²) < 4.78 is 6.82. The molecule has 0 spiro atoms. The molecule has 1 fully saturated rings. The molecule has 128 valence electrons. The minimum Gasteiger partial charge on any atom is -0.497 e. The van der Waals surface area contributed by atoms with Crippen molar-refractivity contribution in [1.82, 2.24) is 20.3 Å². The third-order valence-electron chi connectivity index (χ3n) is 4.62. The van der Waals surface area contributed by atoms with Crippen LogP contribution in [0.4, 0.5) is 0 Å². The summed E-state index contributed by atoms with van der Waals surface area (Å²) in [6.45, 7) is 0.953. The second kappa shape index (κ2) is 7.44. The Balaban J connectivity index is 1.58. The molecule has 24 heavy (non-hydrogen) atoms. The van der Waals surface area contributed by atoms with Gasteiger partial charge in [-0.05, 0) is 49.6 Å². The van der Waals surface area contributed by atoms with Crippen molar-refractivity contribution in [1.29, 1.82) is 0 Å². The average Bonchev–Trinajstić information content (AvgIpc) is 3.29. The molecule has 2 aromatic rings. The van der Waals surface area contributed by atoms with E-state index in [1.54, 1.807) is 11.8 Å². The molecular weight excluding hydrogens is 306 g/mol. The average molecular weight is 329 g/mol. The van der Waals surface area contributed by atoms with Gasteiger partial charge in [-0.1, -0.05) is 11.6 Å². The largest absolute Gasteiger partial charge is 0.497 e. The number of ether oxygens (including phenoxy) is 1. The summed E-state index contributed by atoms with van der Waals surface area (Å²) in [7, 11) is 1.63. The molecule has 0 radical (unpaired) electrons. The third kappa shape index (κ3) is 3.56. The first-order chi connectivity index (χ1) is 11.7. The maximum atomic E-state index is 12.3. The van der Waals surface area contributed by atoms with Crippen molar-refractivity contribution in [2.75, 3.05) is 13.7 Å². The number of rotatable bonds is 6. The fourth-order valence-electron chi connectivity index (χ4n) is 3.21. The second-order valence-electron chi connectivity index (χ2n) is 6.10. The van der Waals surface area contributed by atoms with E-state index in [9.17, 15) is 4.79 Å². The van der Waals surface area contributed by atoms with Crippen LogP contribution in [-0.4, -0.2) is 34.6 Å². The molecule has 7 nitrogen and oxygen atoms in total. The first kappa shape index (κ1) is 16.4. The van der Waals surface area contributed by atoms with Crippen LogP contribution >= 0.6 is 0 Å². The zero-order valence-electron chi connectivity index (χ0n) is 13.8. The van der Waals surface area contributed by atoms with Gasteiger partial charge < -0.3 is 15.8 Å². The van der Waals surface area contributed by atoms with Crippen molar-refractivity contribution in [3.63, 3.8) is 0 Å². The highest BCUT2D eigenvalue weighted by molar-refractivity contribution is 5.79. The lowest BCUT2D eigenvalue weighted by Crippen LogP contribution is -2.34. The number of carbonyl (C=O) groups excluding carboxylic acids is 1. The zero-order valence-corrected chi connectivity index (χ0v) is 13.8. The molecule has 2 atom stereocenters. The molecular formula is C17H23N5O2. The molecule has 7 heteroatoms. The van der Waals surface area contributed by atoms with E-state index in [-0.39, 0.29) is 11.8 Å². The highest BCUT2D eigenvalue weighted by atomic mass is 16.5. The van der Waals surface area contributed by atoms with Gasteiger partial charge in [-0.2, -0.15) is 0 Å². The van der Waals surface area contributed by atoms with Crippen molar-refractivity contribution in [3.8, 4) is 11.4 Å². The number of hydrogen-bond donors (Lipinski definition) is 2. The Morgan fingerprint density at radius 2 is 2.17 bits per heavy atom. The number of carbonyl (C=O) groups is 1. The van der Waals surface area contributed by atoms with Gasteiger partial charge in [-0.15, -0.1) is 5.10 Å². The van der Waals surface area contributed by atoms with Crippen LogP contribution in [0.2, 0.25) is 0 Å². The number of nitrogens with one attached hydrogen (secondary N) is 1. The number of benzene rings is 1. The summed E-state index contributed by atoms with van der Waals surface area (Å²) in [4.78, 5) is 12.3. The molecule has 0 aliphatic heterocycles. The second-order valence-corrected chi connectivity index (χ2v) is 6.10. The summed E-state index contributed by atoms with van der Waals surface area (Å²) >= 11 is 0. The Labute approximate surface area is 141 Å². The van der Waals surface area contributed by atoms with Crippen LogP contribution in [-0.2, 0) is 11.3 Å². The number of hydrogen-bond acceptors (Lipinski definition) is 5. The molecule has 1 aliphatic carbocycles. The smallest absolute Gasteiger partial charge is 0.223 e. The zero-order chi connectivity index (χ0) is 16.9. The Kier molecular flexibility index (Phi) is 5.10. The summed E-state index contributed by atoms with van der Waals surface area (Å²) in [5, 5.41) is 11.2. The maximum absolute atomic E-state index is 12.3. The Bertz CT molecular complexity index is 683. The SMILES string of the molecule is COc1ccc(-n2cc(CNC(=O)[C@@H]3CCC[C@@H]3CN)nn2)cc1. The van der Waals surface area contributed by atoms with Gasteiger partial charge in [0.05, 0.1) is 25.5 Å². The summed E-state index contributed by atoms with van der Waals surface area (Å²) in [6.07, 6.45) is 4.86. The van der Waals surface area contributed by atoms with Crippen LogP contribution in [0.15, 0.2) is 30.5 Å². The molecule has 1 saturated carbocycles. The monoisotopic (exact) mass is 329 g/mol. The minimum atomic E-state index is 0.0339. The third-order valence-corrected chi connectivity index (χ3v) is 4.62. The predicted molar refractivity (Wildman–Crippen MR) is 89.6 cm³/mol. The molecule has 1 aliphatic rings. The summed E-state index contributed by atoms with van der Waals surface area (Å²) in [5.74, 6) is 1.20. The van der Waals surface area contributed by atoms with Gasteiger partial charge in [0.15, 0.2) is 0 Å². The first-order valence-electron chi connectivity index (χ1n) is 8.24. The number of aromatic nitrogens is 3. The Morgan fingerprint density at radius 1 is 1.38 bits per heavy atom. The van der Waals surface area contributed by atoms with E-state index in [2.05, 4.69) is 15.6 Å². The van der Waals surface area contributed by atoms with Gasteiger partial charge >= 0.3 is 0 Å². The van der Waals surface area contributed by atoms with Crippen molar-refractivity contribution in [2.24, 2.45) is 17.6 Å². The normalized spacial score (nSPS) is 20.1. The number of amides is 1. The van der Waals surface area contributed by atoms with Crippen molar-refractivity contribution >= 4 is 5.91 Å². The fourth-order valence-corrected chi connectivity index (χ4v) is 3.21. The predicted octanol–water partition coefficient (Wildman–Crippen LogP) is 1.27. The van der Waals surface area contributed by atoms with Gasteiger partial charge in [0, 0.05) is 5.92 Å². The molecule has 0 unspecified atom stereocenters. The Morgan fingerprint density at radius 3 is 2.88 bits per heavy atom. The van der Waals surface area contributed by atoms with Crippen LogP contribution in [0, 0.1) is 11.8 Å². The van der Waals surface area contributed by atoms with Crippen molar-refractivity contribution < 1.29 is 9.53 Å². The molecule has 1 aromatic heterocycles. The highest BCUT2D eigenvalue weighted by Crippen LogP contribution is 2.30. The fraction of sp³-hybridized carbons (Fsp3) is 0.471. The van der Waals surface area contributed by atoms with E-state index in [0.29, 0.717) is 19.0 Å². The van der Waals surface area contributed by atoms with Crippen LogP contribution < -0.4 is 15.8 Å². The lowest BCUT2D eigenvalue weighted by atomic mass is 9.95. The minimum absolute atomic E-state index is 0.0339. The van der Waals surface area contributed by atoms with E-state index >= 15 is 0 Å². The molecule has 0 bridgehead atoms. The number of nitrogens with two attached hydrogens (primary N) is 1. The lowest BCUT2D eigenvalue weighted by Gasteiger charge is -2.16. The van der Waals surface area contributed by atoms with Gasteiger partial charge in [0.1, 0.15) is 11.4 Å². The van der Waals surface area contributed by atoms with Gasteiger partial charge in [0.25, 0.3) is 0 Å². The molecule has 3 N–H and O–H groups in total.